The van der Waals surface area contributed by atoms with Crippen molar-refractivity contribution in [2.75, 3.05) is 19.7 Å². The van der Waals surface area contributed by atoms with Crippen LogP contribution in [0.1, 0.15) is 45.1 Å². The van der Waals surface area contributed by atoms with E-state index in [-0.39, 0.29) is 23.4 Å². The van der Waals surface area contributed by atoms with Crippen LogP contribution in [-0.4, -0.2) is 49.0 Å². The Hall–Kier alpha value is -2.22. The third-order valence-electron chi connectivity index (χ3n) is 5.80. The fourth-order valence-corrected chi connectivity index (χ4v) is 3.84. The monoisotopic (exact) mass is 407 g/mol. The fourth-order valence-electron chi connectivity index (χ4n) is 3.84. The predicted molar refractivity (Wildman–Crippen MR) is 104 cm³/mol. The number of carbonyl (C=O) groups is 1. The lowest BCUT2D eigenvalue weighted by Crippen LogP contribution is -2.44. The van der Waals surface area contributed by atoms with Gasteiger partial charge in [0.25, 0.3) is 5.91 Å². The van der Waals surface area contributed by atoms with E-state index >= 15 is 0 Å². The van der Waals surface area contributed by atoms with Crippen LogP contribution in [0.25, 0.3) is 0 Å². The molecule has 1 aromatic rings. The van der Waals surface area contributed by atoms with E-state index < -0.39 is 12.0 Å². The van der Waals surface area contributed by atoms with Gasteiger partial charge in [-0.2, -0.15) is 13.9 Å². The molecule has 1 saturated heterocycles. The standard InChI is InChI=1S/C21H27F2N3O3/c1-21(2)18(25-26(19(21)27)15-7-9-24-10-8-15)14-5-6-16(29-20(22)23)17(11-14)28-12-13-3-4-13/h5-6,11,13,15,20,24H,3-4,7-10,12H2,1-2H3. The van der Waals surface area contributed by atoms with Crippen LogP contribution in [0.4, 0.5) is 8.78 Å². The van der Waals surface area contributed by atoms with Crippen molar-refractivity contribution >= 4 is 11.6 Å². The van der Waals surface area contributed by atoms with Crippen LogP contribution >= 0.6 is 0 Å². The van der Waals surface area contributed by atoms with E-state index in [0.717, 1.165) is 38.8 Å². The molecule has 2 heterocycles. The molecule has 6 nitrogen and oxygen atoms in total. The van der Waals surface area contributed by atoms with E-state index in [4.69, 9.17) is 4.74 Å². The maximum absolute atomic E-state index is 13.1. The number of hydrazone groups is 1. The average molecular weight is 407 g/mol. The third-order valence-corrected chi connectivity index (χ3v) is 5.80. The topological polar surface area (TPSA) is 63.2 Å². The number of nitrogens with zero attached hydrogens (tertiary/aromatic N) is 2. The summed E-state index contributed by atoms with van der Waals surface area (Å²) in [6.07, 6.45) is 3.89. The van der Waals surface area contributed by atoms with Crippen LogP contribution in [0.5, 0.6) is 11.5 Å². The second-order valence-corrected chi connectivity index (χ2v) is 8.50. The van der Waals surface area contributed by atoms with Crippen molar-refractivity contribution in [3.05, 3.63) is 23.8 Å². The predicted octanol–water partition coefficient (Wildman–Crippen LogP) is 3.40. The molecule has 1 aromatic carbocycles. The Bertz CT molecular complexity index is 802. The molecule has 158 valence electrons. The number of benzene rings is 1. The van der Waals surface area contributed by atoms with Crippen molar-refractivity contribution in [3.63, 3.8) is 0 Å². The van der Waals surface area contributed by atoms with E-state index in [1.807, 2.05) is 13.8 Å². The van der Waals surface area contributed by atoms with Gasteiger partial charge in [0, 0.05) is 5.56 Å². The lowest BCUT2D eigenvalue weighted by atomic mass is 9.83. The van der Waals surface area contributed by atoms with Gasteiger partial charge in [0.2, 0.25) is 0 Å². The molecule has 1 N–H and O–H groups in total. The van der Waals surface area contributed by atoms with Crippen molar-refractivity contribution < 1.29 is 23.0 Å². The highest BCUT2D eigenvalue weighted by atomic mass is 19.3. The quantitative estimate of drug-likeness (QED) is 0.753. The molecule has 0 radical (unpaired) electrons. The minimum atomic E-state index is -2.93. The lowest BCUT2D eigenvalue weighted by Gasteiger charge is -2.30. The Morgan fingerprint density at radius 1 is 1.21 bits per heavy atom. The van der Waals surface area contributed by atoms with Gasteiger partial charge in [0.15, 0.2) is 11.5 Å². The Morgan fingerprint density at radius 3 is 2.59 bits per heavy atom. The zero-order chi connectivity index (χ0) is 20.6. The summed E-state index contributed by atoms with van der Waals surface area (Å²) in [5, 5.41) is 9.59. The third kappa shape index (κ3) is 4.22. The van der Waals surface area contributed by atoms with E-state index in [1.54, 1.807) is 17.1 Å². The molecule has 8 heteroatoms. The first kappa shape index (κ1) is 20.1. The minimum absolute atomic E-state index is 0.00217. The molecule has 0 atom stereocenters. The van der Waals surface area contributed by atoms with E-state index in [1.165, 1.54) is 6.07 Å². The second kappa shape index (κ2) is 7.89. The SMILES string of the molecule is CC1(C)C(=O)N(C2CCNCC2)N=C1c1ccc(OC(F)F)c(OCC2CC2)c1. The Balaban J connectivity index is 1.64. The van der Waals surface area contributed by atoms with E-state index in [9.17, 15) is 13.6 Å². The minimum Gasteiger partial charge on any atom is -0.489 e. The lowest BCUT2D eigenvalue weighted by molar-refractivity contribution is -0.137. The van der Waals surface area contributed by atoms with Crippen LogP contribution in [-0.2, 0) is 4.79 Å². The summed E-state index contributed by atoms with van der Waals surface area (Å²) in [6.45, 7) is 2.96. The maximum Gasteiger partial charge on any atom is 0.387 e. The number of hydrogen-bond acceptors (Lipinski definition) is 5. The summed E-state index contributed by atoms with van der Waals surface area (Å²) < 4.78 is 36.0. The van der Waals surface area contributed by atoms with Crippen LogP contribution in [0.3, 0.4) is 0 Å². The number of carbonyl (C=O) groups excluding carboxylic acids is 1. The van der Waals surface area contributed by atoms with Crippen LogP contribution in [0.2, 0.25) is 0 Å². The Morgan fingerprint density at radius 2 is 1.93 bits per heavy atom. The highest BCUT2D eigenvalue weighted by Crippen LogP contribution is 2.38. The van der Waals surface area contributed by atoms with Gasteiger partial charge in [0.05, 0.1) is 23.8 Å². The van der Waals surface area contributed by atoms with Gasteiger partial charge in [-0.3, -0.25) is 4.79 Å². The number of halogens is 2. The smallest absolute Gasteiger partial charge is 0.387 e. The van der Waals surface area contributed by atoms with Crippen LogP contribution in [0.15, 0.2) is 23.3 Å². The van der Waals surface area contributed by atoms with E-state index in [2.05, 4.69) is 15.2 Å². The molecule has 1 saturated carbocycles. The summed E-state index contributed by atoms with van der Waals surface area (Å²) in [7, 11) is 0. The van der Waals surface area contributed by atoms with Gasteiger partial charge in [0.1, 0.15) is 0 Å². The number of piperidine rings is 1. The molecule has 3 aliphatic rings. The largest absolute Gasteiger partial charge is 0.489 e. The fraction of sp³-hybridized carbons (Fsp3) is 0.619. The van der Waals surface area contributed by atoms with E-state index in [0.29, 0.717) is 23.8 Å². The summed E-state index contributed by atoms with van der Waals surface area (Å²) in [5.41, 5.74) is 0.511. The van der Waals surface area contributed by atoms with Crippen molar-refractivity contribution in [2.24, 2.45) is 16.4 Å². The van der Waals surface area contributed by atoms with Crippen molar-refractivity contribution in [1.29, 1.82) is 0 Å². The van der Waals surface area contributed by atoms with Crippen molar-refractivity contribution in [3.8, 4) is 11.5 Å². The number of ether oxygens (including phenoxy) is 2. The van der Waals surface area contributed by atoms with Gasteiger partial charge >= 0.3 is 6.61 Å². The number of alkyl halides is 2. The first-order chi connectivity index (χ1) is 13.9. The van der Waals surface area contributed by atoms with Crippen molar-refractivity contribution in [2.45, 2.75) is 52.2 Å². The molecule has 29 heavy (non-hydrogen) atoms. The van der Waals surface area contributed by atoms with Gasteiger partial charge in [-0.05, 0) is 76.7 Å². The zero-order valence-corrected chi connectivity index (χ0v) is 16.8. The molecule has 0 spiro atoms. The molecular weight excluding hydrogens is 380 g/mol. The summed E-state index contributed by atoms with van der Waals surface area (Å²) >= 11 is 0. The molecule has 0 unspecified atom stereocenters. The number of rotatable bonds is 7. The summed E-state index contributed by atoms with van der Waals surface area (Å²) in [5.74, 6) is 0.700. The number of amides is 1. The molecule has 0 bridgehead atoms. The average Bonchev–Trinajstić information content (AvgIpc) is 3.48. The molecule has 1 aliphatic carbocycles. The number of hydrogen-bond donors (Lipinski definition) is 1. The Kier molecular flexibility index (Phi) is 5.46. The van der Waals surface area contributed by atoms with Gasteiger partial charge < -0.3 is 14.8 Å². The normalized spacial score (nSPS) is 22.2. The molecule has 2 aliphatic heterocycles. The zero-order valence-electron chi connectivity index (χ0n) is 16.8. The second-order valence-electron chi connectivity index (χ2n) is 8.50. The molecular formula is C21H27F2N3O3. The van der Waals surface area contributed by atoms with Gasteiger partial charge in [-0.15, -0.1) is 0 Å². The van der Waals surface area contributed by atoms with Crippen molar-refractivity contribution in [1.82, 2.24) is 10.3 Å². The van der Waals surface area contributed by atoms with Gasteiger partial charge in [-0.25, -0.2) is 5.01 Å². The first-order valence-corrected chi connectivity index (χ1v) is 10.2. The molecule has 1 amide bonds. The molecule has 2 fully saturated rings. The summed E-state index contributed by atoms with van der Waals surface area (Å²) in [4.78, 5) is 13.1. The molecule has 0 aromatic heterocycles. The highest BCUT2D eigenvalue weighted by molar-refractivity contribution is 6.19. The van der Waals surface area contributed by atoms with Crippen LogP contribution < -0.4 is 14.8 Å². The molecule has 4 rings (SSSR count). The van der Waals surface area contributed by atoms with Gasteiger partial charge in [-0.1, -0.05) is 0 Å². The maximum atomic E-state index is 13.1. The van der Waals surface area contributed by atoms with Crippen LogP contribution in [0, 0.1) is 11.3 Å². The summed E-state index contributed by atoms with van der Waals surface area (Å²) in [6, 6.07) is 4.88. The highest BCUT2D eigenvalue weighted by Gasteiger charge is 2.46. The first-order valence-electron chi connectivity index (χ1n) is 10.2. The number of nitrogens with one attached hydrogen (secondary N) is 1. The Labute approximate surface area is 169 Å².